The minimum atomic E-state index is -0.136. The molecule has 0 aromatic carbocycles. The Bertz CT molecular complexity index is 312. The van der Waals surface area contributed by atoms with E-state index in [0.29, 0.717) is 0 Å². The quantitative estimate of drug-likeness (QED) is 0.563. The molecule has 0 unspecified atom stereocenters. The lowest BCUT2D eigenvalue weighted by molar-refractivity contribution is 0.561. The van der Waals surface area contributed by atoms with Crippen molar-refractivity contribution in [2.45, 2.75) is 47.1 Å². The van der Waals surface area contributed by atoms with Crippen LogP contribution in [0.3, 0.4) is 0 Å². The number of nitrogens with zero attached hydrogens (tertiary/aromatic N) is 2. The zero-order chi connectivity index (χ0) is 11.0. The van der Waals surface area contributed by atoms with Gasteiger partial charge >= 0.3 is 0 Å². The van der Waals surface area contributed by atoms with E-state index in [1.165, 1.54) is 5.57 Å². The summed E-state index contributed by atoms with van der Waals surface area (Å²) in [6.45, 7) is 12.7. The summed E-state index contributed by atoms with van der Waals surface area (Å²) in [4.78, 5) is 9.10. The van der Waals surface area contributed by atoms with E-state index in [4.69, 9.17) is 0 Å². The molecule has 78 valence electrons. The largest absolute Gasteiger partial charge is 0.260 e. The van der Waals surface area contributed by atoms with Crippen LogP contribution in [0.2, 0.25) is 0 Å². The van der Waals surface area contributed by atoms with Crippen LogP contribution in [0.25, 0.3) is 0 Å². The first-order chi connectivity index (χ1) is 6.21. The lowest BCUT2D eigenvalue weighted by Crippen LogP contribution is -2.23. The van der Waals surface area contributed by atoms with E-state index in [0.717, 1.165) is 5.84 Å². The Kier molecular flexibility index (Phi) is 2.66. The van der Waals surface area contributed by atoms with Crippen molar-refractivity contribution in [2.24, 2.45) is 15.4 Å². The highest BCUT2D eigenvalue weighted by Gasteiger charge is 2.24. The van der Waals surface area contributed by atoms with E-state index in [2.05, 4.69) is 57.6 Å². The van der Waals surface area contributed by atoms with Crippen LogP contribution < -0.4 is 0 Å². The summed E-state index contributed by atoms with van der Waals surface area (Å²) in [6.07, 6.45) is 4.05. The Morgan fingerprint density at radius 3 is 2.29 bits per heavy atom. The third-order valence-corrected chi connectivity index (χ3v) is 2.04. The first-order valence-electron chi connectivity index (χ1n) is 5.05. The summed E-state index contributed by atoms with van der Waals surface area (Å²) in [5.41, 5.74) is 1.06. The average molecular weight is 192 g/mol. The fourth-order valence-electron chi connectivity index (χ4n) is 1.45. The summed E-state index contributed by atoms with van der Waals surface area (Å²) < 4.78 is 0. The van der Waals surface area contributed by atoms with Gasteiger partial charge in [0.15, 0.2) is 0 Å². The molecule has 0 aliphatic carbocycles. The molecule has 0 spiro atoms. The molecule has 1 aliphatic heterocycles. The topological polar surface area (TPSA) is 24.7 Å². The molecular formula is C12H20N2. The number of rotatable bonds is 0. The third-order valence-electron chi connectivity index (χ3n) is 2.04. The van der Waals surface area contributed by atoms with Crippen molar-refractivity contribution >= 4 is 12.1 Å². The lowest BCUT2D eigenvalue weighted by atomic mass is 9.94. The van der Waals surface area contributed by atoms with E-state index in [-0.39, 0.29) is 11.0 Å². The van der Waals surface area contributed by atoms with E-state index >= 15 is 0 Å². The Morgan fingerprint density at radius 1 is 1.21 bits per heavy atom. The minimum Gasteiger partial charge on any atom is -0.260 e. The molecule has 0 fully saturated rings. The number of hydrogen-bond acceptors (Lipinski definition) is 2. The van der Waals surface area contributed by atoms with Crippen LogP contribution in [-0.4, -0.2) is 17.6 Å². The van der Waals surface area contributed by atoms with Crippen LogP contribution in [0.4, 0.5) is 0 Å². The fourth-order valence-corrected chi connectivity index (χ4v) is 1.45. The van der Waals surface area contributed by atoms with Crippen LogP contribution in [0.5, 0.6) is 0 Å². The number of allylic oxidation sites excluding steroid dienone is 1. The van der Waals surface area contributed by atoms with E-state index in [9.17, 15) is 0 Å². The van der Waals surface area contributed by atoms with Crippen LogP contribution in [-0.2, 0) is 0 Å². The van der Waals surface area contributed by atoms with Gasteiger partial charge in [0.05, 0.1) is 5.54 Å². The molecular weight excluding hydrogens is 172 g/mol. The Balaban J connectivity index is 3.13. The second kappa shape index (κ2) is 3.34. The second-order valence-electron chi connectivity index (χ2n) is 5.49. The molecule has 1 aliphatic rings. The van der Waals surface area contributed by atoms with Crippen LogP contribution in [0, 0.1) is 5.41 Å². The van der Waals surface area contributed by atoms with Crippen molar-refractivity contribution in [3.05, 3.63) is 11.6 Å². The maximum Gasteiger partial charge on any atom is 0.129 e. The van der Waals surface area contributed by atoms with Crippen LogP contribution in [0.1, 0.15) is 41.5 Å². The lowest BCUT2D eigenvalue weighted by Gasteiger charge is -2.21. The van der Waals surface area contributed by atoms with Crippen molar-refractivity contribution in [1.29, 1.82) is 0 Å². The van der Waals surface area contributed by atoms with Gasteiger partial charge in [0, 0.05) is 11.6 Å². The summed E-state index contributed by atoms with van der Waals surface area (Å²) >= 11 is 0. The van der Waals surface area contributed by atoms with Gasteiger partial charge in [-0.1, -0.05) is 26.8 Å². The van der Waals surface area contributed by atoms with Gasteiger partial charge in [-0.15, -0.1) is 0 Å². The molecule has 14 heavy (non-hydrogen) atoms. The molecule has 0 bridgehead atoms. The molecule has 0 aromatic heterocycles. The Hall–Kier alpha value is -0.920. The highest BCUT2D eigenvalue weighted by Crippen LogP contribution is 2.24. The number of amidine groups is 1. The fraction of sp³-hybridized carbons (Fsp3) is 0.667. The van der Waals surface area contributed by atoms with Gasteiger partial charge in [0.2, 0.25) is 0 Å². The van der Waals surface area contributed by atoms with Crippen molar-refractivity contribution in [1.82, 2.24) is 0 Å². The zero-order valence-electron chi connectivity index (χ0n) is 10.0. The van der Waals surface area contributed by atoms with Crippen LogP contribution >= 0.6 is 0 Å². The summed E-state index contributed by atoms with van der Waals surface area (Å²) in [6, 6.07) is 0. The molecule has 0 aromatic rings. The van der Waals surface area contributed by atoms with Crippen LogP contribution in [0.15, 0.2) is 21.6 Å². The Morgan fingerprint density at radius 2 is 1.79 bits per heavy atom. The van der Waals surface area contributed by atoms with E-state index in [1.807, 2.05) is 6.21 Å². The third kappa shape index (κ3) is 2.79. The minimum absolute atomic E-state index is 0.0201. The molecule has 0 atom stereocenters. The van der Waals surface area contributed by atoms with Gasteiger partial charge in [-0.2, -0.15) is 0 Å². The highest BCUT2D eigenvalue weighted by atomic mass is 15.0. The highest BCUT2D eigenvalue weighted by molar-refractivity contribution is 5.98. The molecule has 1 rings (SSSR count). The van der Waals surface area contributed by atoms with Crippen molar-refractivity contribution < 1.29 is 0 Å². The summed E-state index contributed by atoms with van der Waals surface area (Å²) in [5, 5.41) is 0. The smallest absolute Gasteiger partial charge is 0.129 e. The van der Waals surface area contributed by atoms with Gasteiger partial charge < -0.3 is 0 Å². The monoisotopic (exact) mass is 192 g/mol. The maximum absolute atomic E-state index is 4.67. The van der Waals surface area contributed by atoms with Gasteiger partial charge in [-0.05, 0) is 26.3 Å². The van der Waals surface area contributed by atoms with E-state index in [1.54, 1.807) is 0 Å². The average Bonchev–Trinajstić information content (AvgIpc) is 2.05. The molecule has 2 nitrogen and oxygen atoms in total. The number of hydrogen-bond donors (Lipinski definition) is 0. The molecule has 0 radical (unpaired) electrons. The summed E-state index contributed by atoms with van der Waals surface area (Å²) in [7, 11) is 0. The molecule has 2 heteroatoms. The molecule has 0 saturated carbocycles. The van der Waals surface area contributed by atoms with Crippen molar-refractivity contribution in [3.8, 4) is 0 Å². The molecule has 0 N–H and O–H groups in total. The normalized spacial score (nSPS) is 21.3. The SMILES string of the molecule is CC1=CC(C)(C)N=C(C(C)(C)C)N=C1. The first-order valence-corrected chi connectivity index (χ1v) is 5.05. The van der Waals surface area contributed by atoms with Gasteiger partial charge in [0.1, 0.15) is 5.84 Å². The standard InChI is InChI=1S/C12H20N2/c1-9-7-12(5,6)14-10(13-8-9)11(2,3)4/h7-8H,1-6H3. The molecule has 1 heterocycles. The number of aliphatic imine (C=N–C) groups is 2. The first kappa shape index (κ1) is 11.2. The predicted octanol–water partition coefficient (Wildman–Crippen LogP) is 3.24. The molecule has 0 amide bonds. The van der Waals surface area contributed by atoms with Gasteiger partial charge in [0.25, 0.3) is 0 Å². The van der Waals surface area contributed by atoms with Gasteiger partial charge in [-0.3, -0.25) is 4.99 Å². The zero-order valence-corrected chi connectivity index (χ0v) is 10.0. The maximum atomic E-state index is 4.67. The predicted molar refractivity (Wildman–Crippen MR) is 63.2 cm³/mol. The van der Waals surface area contributed by atoms with Gasteiger partial charge in [-0.25, -0.2) is 4.99 Å². The molecule has 0 saturated heterocycles. The van der Waals surface area contributed by atoms with E-state index < -0.39 is 0 Å². The van der Waals surface area contributed by atoms with Crippen molar-refractivity contribution in [2.75, 3.05) is 0 Å². The second-order valence-corrected chi connectivity index (χ2v) is 5.49. The Labute approximate surface area is 86.8 Å². The summed E-state index contributed by atoms with van der Waals surface area (Å²) in [5.74, 6) is 0.926. The van der Waals surface area contributed by atoms with Crippen molar-refractivity contribution in [3.63, 3.8) is 0 Å².